The van der Waals surface area contributed by atoms with E-state index in [9.17, 15) is 0 Å². The van der Waals surface area contributed by atoms with Crippen LogP contribution in [0.4, 0.5) is 0 Å². The van der Waals surface area contributed by atoms with Gasteiger partial charge in [0.1, 0.15) is 4.32 Å². The number of thioether (sulfide) groups is 1. The van der Waals surface area contributed by atoms with Crippen LogP contribution >= 0.6 is 24.0 Å². The van der Waals surface area contributed by atoms with Crippen LogP contribution in [0.15, 0.2) is 23.1 Å². The van der Waals surface area contributed by atoms with E-state index in [4.69, 9.17) is 18.0 Å². The molecule has 0 spiro atoms. The van der Waals surface area contributed by atoms with Crippen LogP contribution in [-0.4, -0.2) is 53.2 Å². The Morgan fingerprint density at radius 3 is 2.00 bits per heavy atom. The molecule has 1 nitrogen and oxygen atoms in total. The van der Waals surface area contributed by atoms with Crippen LogP contribution in [0.25, 0.3) is 0 Å². The molecule has 0 radical (unpaired) electrons. The Bertz CT molecular complexity index is 477. The largest absolute Gasteiger partial charge is 2.00 e. The van der Waals surface area contributed by atoms with E-state index in [0.717, 1.165) is 0 Å². The Morgan fingerprint density at radius 2 is 1.44 bits per heavy atom. The molecule has 0 aliphatic carbocycles. The summed E-state index contributed by atoms with van der Waals surface area (Å²) in [4.78, 5) is 1.28. The molecule has 1 aromatic carbocycles. The van der Waals surface area contributed by atoms with Crippen LogP contribution < -0.4 is 5.73 Å². The Kier molecular flexibility index (Phi) is 17.9. The van der Waals surface area contributed by atoms with Crippen molar-refractivity contribution in [2.24, 2.45) is 5.73 Å². The molecule has 0 saturated carbocycles. The minimum Gasteiger partial charge on any atom is -0.384 e. The molecule has 136 valence electrons. The van der Waals surface area contributed by atoms with Gasteiger partial charge in [-0.15, -0.1) is 0 Å². The zero-order valence-electron chi connectivity index (χ0n) is 16.3. The second-order valence-corrected chi connectivity index (χ2v) is 8.43. The van der Waals surface area contributed by atoms with Crippen LogP contribution in [0.3, 0.4) is 0 Å². The van der Waals surface area contributed by atoms with Gasteiger partial charge in [-0.2, -0.15) is 0 Å². The fraction of sp³-hybridized carbons (Fsp3) is 0.667. The molecular weight excluding hydrogens is 468 g/mol. The third kappa shape index (κ3) is 12.2. The maximum Gasteiger partial charge on any atom is 2.00 e. The Labute approximate surface area is 205 Å². The van der Waals surface area contributed by atoms with Gasteiger partial charge in [-0.25, -0.2) is 0 Å². The first-order valence-electron chi connectivity index (χ1n) is 9.77. The molecule has 0 atom stereocenters. The van der Waals surface area contributed by atoms with Gasteiger partial charge >= 0.3 is 48.9 Å². The van der Waals surface area contributed by atoms with Crippen molar-refractivity contribution in [2.45, 2.75) is 95.8 Å². The first-order valence-corrected chi connectivity index (χ1v) is 11.0. The zero-order chi connectivity index (χ0) is 17.6. The van der Waals surface area contributed by atoms with Crippen molar-refractivity contribution in [3.05, 3.63) is 29.3 Å². The Hall–Kier alpha value is 1.03. The van der Waals surface area contributed by atoms with E-state index < -0.39 is 0 Å². The van der Waals surface area contributed by atoms with Crippen molar-refractivity contribution in [2.75, 3.05) is 0 Å². The van der Waals surface area contributed by atoms with E-state index in [1.165, 1.54) is 93.1 Å². The number of nitrogens with two attached hydrogens (primary N) is 1. The van der Waals surface area contributed by atoms with Crippen molar-refractivity contribution in [1.29, 1.82) is 0 Å². The maximum absolute atomic E-state index is 5.79. The summed E-state index contributed by atoms with van der Waals surface area (Å²) in [5.41, 5.74) is 8.81. The van der Waals surface area contributed by atoms with Gasteiger partial charge in [-0.3, -0.25) is 0 Å². The summed E-state index contributed by atoms with van der Waals surface area (Å²) in [7, 11) is 0. The van der Waals surface area contributed by atoms with E-state index in [-0.39, 0.29) is 48.9 Å². The molecular formula is C21H35BaNS2+2. The van der Waals surface area contributed by atoms with E-state index in [2.05, 4.69) is 32.0 Å². The molecule has 0 saturated heterocycles. The minimum absolute atomic E-state index is 0. The molecule has 1 rings (SSSR count). The number of aryl methyl sites for hydroxylation is 1. The van der Waals surface area contributed by atoms with Gasteiger partial charge in [0.2, 0.25) is 0 Å². The molecule has 0 amide bonds. The van der Waals surface area contributed by atoms with Gasteiger partial charge < -0.3 is 5.73 Å². The van der Waals surface area contributed by atoms with Gasteiger partial charge in [0.25, 0.3) is 0 Å². The average molecular weight is 503 g/mol. The zero-order valence-corrected chi connectivity index (χ0v) is 22.4. The molecule has 0 bridgehead atoms. The smallest absolute Gasteiger partial charge is 0.384 e. The number of thiocarbonyl (C=S) groups is 1. The number of rotatable bonds is 13. The summed E-state index contributed by atoms with van der Waals surface area (Å²) in [6.45, 7) is 4.54. The van der Waals surface area contributed by atoms with Crippen molar-refractivity contribution < 1.29 is 0 Å². The van der Waals surface area contributed by atoms with Gasteiger partial charge in [0.15, 0.2) is 0 Å². The first-order chi connectivity index (χ1) is 11.7. The molecule has 2 N–H and O–H groups in total. The fourth-order valence-electron chi connectivity index (χ4n) is 3.16. The third-order valence-corrected chi connectivity index (χ3v) is 5.57. The Morgan fingerprint density at radius 1 is 0.880 bits per heavy atom. The van der Waals surface area contributed by atoms with Crippen molar-refractivity contribution in [1.82, 2.24) is 0 Å². The molecule has 1 aromatic rings. The van der Waals surface area contributed by atoms with Crippen molar-refractivity contribution in [3.63, 3.8) is 0 Å². The molecule has 0 aliphatic rings. The second kappa shape index (κ2) is 17.2. The molecule has 0 fully saturated rings. The van der Waals surface area contributed by atoms with Gasteiger partial charge in [-0.05, 0) is 42.9 Å². The average Bonchev–Trinajstić information content (AvgIpc) is 2.55. The molecule has 4 heteroatoms. The molecule has 0 aliphatic heterocycles. The maximum atomic E-state index is 5.79. The summed E-state index contributed by atoms with van der Waals surface area (Å²) >= 11 is 6.69. The van der Waals surface area contributed by atoms with E-state index in [1.807, 2.05) is 0 Å². The van der Waals surface area contributed by atoms with E-state index in [0.29, 0.717) is 4.32 Å². The number of unbranched alkanes of at least 4 members (excludes halogenated alkanes) is 8. The third-order valence-electron chi connectivity index (χ3n) is 4.52. The molecule has 25 heavy (non-hydrogen) atoms. The van der Waals surface area contributed by atoms with Crippen LogP contribution in [0, 0.1) is 0 Å². The van der Waals surface area contributed by atoms with Gasteiger partial charge in [0, 0.05) is 4.90 Å². The topological polar surface area (TPSA) is 26.0 Å². The normalized spacial score (nSPS) is 10.5. The SMILES string of the molecule is CCCCCCCc1cccc(SC(N)=S)c1CCCCCCC.[Ba+2]. The predicted molar refractivity (Wildman–Crippen MR) is 120 cm³/mol. The molecule has 0 aromatic heterocycles. The van der Waals surface area contributed by atoms with Crippen LogP contribution in [0.2, 0.25) is 0 Å². The van der Waals surface area contributed by atoms with Crippen molar-refractivity contribution >= 4 is 77.2 Å². The minimum atomic E-state index is 0. The predicted octanol–water partition coefficient (Wildman–Crippen LogP) is 6.67. The number of hydrogen-bond acceptors (Lipinski definition) is 2. The van der Waals surface area contributed by atoms with E-state index in [1.54, 1.807) is 11.8 Å². The van der Waals surface area contributed by atoms with E-state index >= 15 is 0 Å². The Balaban J connectivity index is 0.00000576. The van der Waals surface area contributed by atoms with Gasteiger partial charge in [0.05, 0.1) is 0 Å². The molecule has 0 heterocycles. The summed E-state index contributed by atoms with van der Waals surface area (Å²) in [5.74, 6) is 0. The van der Waals surface area contributed by atoms with Crippen LogP contribution in [0.5, 0.6) is 0 Å². The summed E-state index contributed by atoms with van der Waals surface area (Å²) < 4.78 is 0.530. The van der Waals surface area contributed by atoms with Gasteiger partial charge in [-0.1, -0.05) is 101 Å². The summed E-state index contributed by atoms with van der Waals surface area (Å²) in [5, 5.41) is 0. The standard InChI is InChI=1S/C21H35NS2.Ba/c1-3-5-7-9-11-14-18-15-13-17-20(24-21(22)23)19(18)16-12-10-8-6-4-2;/h13,15,17H,3-12,14,16H2,1-2H3,(H2,22,23);/q;+2. The van der Waals surface area contributed by atoms with Crippen molar-refractivity contribution in [3.8, 4) is 0 Å². The first kappa shape index (κ1) is 26.0. The number of benzene rings is 1. The fourth-order valence-corrected chi connectivity index (χ4v) is 4.15. The number of hydrogen-bond donors (Lipinski definition) is 1. The summed E-state index contributed by atoms with van der Waals surface area (Å²) in [6.07, 6.45) is 15.7. The second-order valence-electron chi connectivity index (χ2n) is 6.64. The monoisotopic (exact) mass is 503 g/mol. The quantitative estimate of drug-likeness (QED) is 0.141. The van der Waals surface area contributed by atoms with Crippen LogP contribution in [-0.2, 0) is 12.8 Å². The molecule has 0 unspecified atom stereocenters. The van der Waals surface area contributed by atoms with Crippen LogP contribution in [0.1, 0.15) is 89.2 Å². The summed E-state index contributed by atoms with van der Waals surface area (Å²) in [6, 6.07) is 6.67.